The summed E-state index contributed by atoms with van der Waals surface area (Å²) >= 11 is 0. The fourth-order valence-electron chi connectivity index (χ4n) is 2.66. The van der Waals surface area contributed by atoms with Crippen LogP contribution in [0.2, 0.25) is 0 Å². The number of carbonyl (C=O) groups excluding carboxylic acids is 1. The van der Waals surface area contributed by atoms with Gasteiger partial charge in [0.15, 0.2) is 0 Å². The molecule has 0 unspecified atom stereocenters. The third-order valence-electron chi connectivity index (χ3n) is 3.97. The van der Waals surface area contributed by atoms with Crippen LogP contribution in [0.3, 0.4) is 0 Å². The molecule has 0 spiro atoms. The van der Waals surface area contributed by atoms with Crippen LogP contribution in [-0.2, 0) is 0 Å². The maximum atomic E-state index is 12.3. The Kier molecular flexibility index (Phi) is 4.37. The highest BCUT2D eigenvalue weighted by Crippen LogP contribution is 2.17. The number of anilines is 2. The first-order valence-electron chi connectivity index (χ1n) is 7.81. The van der Waals surface area contributed by atoms with Gasteiger partial charge in [-0.05, 0) is 50.5 Å². The van der Waals surface area contributed by atoms with Gasteiger partial charge in [0.2, 0.25) is 0 Å². The lowest BCUT2D eigenvalue weighted by molar-refractivity contribution is 0.0718. The zero-order valence-electron chi connectivity index (χ0n) is 12.9. The van der Waals surface area contributed by atoms with Crippen molar-refractivity contribution in [3.8, 4) is 0 Å². The zero-order chi connectivity index (χ0) is 15.4. The molecule has 0 radical (unpaired) electrons. The minimum absolute atomic E-state index is 0.0431. The first-order chi connectivity index (χ1) is 10.7. The smallest absolute Gasteiger partial charge is 0.272 e. The molecule has 1 fully saturated rings. The molecule has 4 heteroatoms. The summed E-state index contributed by atoms with van der Waals surface area (Å²) in [6.07, 6.45) is 5.13. The van der Waals surface area contributed by atoms with Gasteiger partial charge in [0.25, 0.3) is 5.91 Å². The summed E-state index contributed by atoms with van der Waals surface area (Å²) in [5.41, 5.74) is 3.66. The van der Waals surface area contributed by atoms with E-state index in [9.17, 15) is 4.79 Å². The normalized spacial score (nSPS) is 14.7. The number of rotatable bonds is 3. The highest BCUT2D eigenvalue weighted by molar-refractivity contribution is 5.92. The molecule has 0 bridgehead atoms. The summed E-state index contributed by atoms with van der Waals surface area (Å²) in [4.78, 5) is 18.6. The zero-order valence-corrected chi connectivity index (χ0v) is 12.9. The second-order valence-corrected chi connectivity index (χ2v) is 5.78. The first kappa shape index (κ1) is 14.6. The average molecular weight is 295 g/mol. The molecule has 1 aliphatic rings. The Bertz CT molecular complexity index is 628. The minimum atomic E-state index is 0.0431. The number of piperidine rings is 1. The number of nitrogens with one attached hydrogen (secondary N) is 1. The van der Waals surface area contributed by atoms with Crippen molar-refractivity contribution in [3.05, 3.63) is 53.9 Å². The summed E-state index contributed by atoms with van der Waals surface area (Å²) in [5, 5.41) is 3.29. The number of nitrogens with zero attached hydrogens (tertiary/aromatic N) is 2. The summed E-state index contributed by atoms with van der Waals surface area (Å²) in [6, 6.07) is 11.9. The van der Waals surface area contributed by atoms with Crippen LogP contribution in [0.25, 0.3) is 0 Å². The largest absolute Gasteiger partial charge is 0.354 e. The Morgan fingerprint density at radius 3 is 2.32 bits per heavy atom. The molecule has 22 heavy (non-hydrogen) atoms. The van der Waals surface area contributed by atoms with Gasteiger partial charge in [-0.25, -0.2) is 4.98 Å². The van der Waals surface area contributed by atoms with Crippen LogP contribution in [-0.4, -0.2) is 28.9 Å². The van der Waals surface area contributed by atoms with E-state index >= 15 is 0 Å². The van der Waals surface area contributed by atoms with E-state index in [0.717, 1.165) is 37.3 Å². The predicted octanol–water partition coefficient (Wildman–Crippen LogP) is 3.76. The predicted molar refractivity (Wildman–Crippen MR) is 88.5 cm³/mol. The molecule has 2 heterocycles. The highest BCUT2D eigenvalue weighted by atomic mass is 16.2. The Hall–Kier alpha value is -2.36. The SMILES string of the molecule is Cc1ccc(Nc2ccc(C(=O)N3CCCCC3)nc2)cc1. The number of likely N-dealkylation sites (tertiary alicyclic amines) is 1. The average Bonchev–Trinajstić information content (AvgIpc) is 2.58. The standard InChI is InChI=1S/C18H21N3O/c1-14-5-7-15(8-6-14)20-16-9-10-17(19-13-16)18(22)21-11-3-2-4-12-21/h5-10,13,20H,2-4,11-12H2,1H3. The minimum Gasteiger partial charge on any atom is -0.354 e. The van der Waals surface area contributed by atoms with E-state index in [-0.39, 0.29) is 5.91 Å². The monoisotopic (exact) mass is 295 g/mol. The topological polar surface area (TPSA) is 45.2 Å². The molecular weight excluding hydrogens is 274 g/mol. The van der Waals surface area contributed by atoms with Crippen LogP contribution in [0.5, 0.6) is 0 Å². The Balaban J connectivity index is 1.66. The van der Waals surface area contributed by atoms with Gasteiger partial charge in [-0.2, -0.15) is 0 Å². The number of carbonyl (C=O) groups is 1. The van der Waals surface area contributed by atoms with Gasteiger partial charge in [0.1, 0.15) is 5.69 Å². The van der Waals surface area contributed by atoms with Crippen molar-refractivity contribution in [3.63, 3.8) is 0 Å². The molecule has 0 aliphatic carbocycles. The van der Waals surface area contributed by atoms with E-state index in [1.54, 1.807) is 12.3 Å². The molecule has 2 aromatic rings. The summed E-state index contributed by atoms with van der Waals surface area (Å²) in [7, 11) is 0. The maximum Gasteiger partial charge on any atom is 0.272 e. The number of amides is 1. The third-order valence-corrected chi connectivity index (χ3v) is 3.97. The quantitative estimate of drug-likeness (QED) is 0.937. The second kappa shape index (κ2) is 6.60. The van der Waals surface area contributed by atoms with Gasteiger partial charge >= 0.3 is 0 Å². The lowest BCUT2D eigenvalue weighted by Gasteiger charge is -2.26. The van der Waals surface area contributed by atoms with Crippen molar-refractivity contribution in [2.24, 2.45) is 0 Å². The van der Waals surface area contributed by atoms with E-state index in [1.165, 1.54) is 12.0 Å². The number of benzene rings is 1. The molecule has 1 aromatic carbocycles. The lowest BCUT2D eigenvalue weighted by Crippen LogP contribution is -2.36. The fourth-order valence-corrected chi connectivity index (χ4v) is 2.66. The van der Waals surface area contributed by atoms with E-state index in [1.807, 2.05) is 23.1 Å². The number of hydrogen-bond donors (Lipinski definition) is 1. The fraction of sp³-hybridized carbons (Fsp3) is 0.333. The summed E-state index contributed by atoms with van der Waals surface area (Å²) in [5.74, 6) is 0.0431. The Morgan fingerprint density at radius 1 is 1.00 bits per heavy atom. The third kappa shape index (κ3) is 3.45. The van der Waals surface area contributed by atoms with Crippen LogP contribution < -0.4 is 5.32 Å². The van der Waals surface area contributed by atoms with Crippen molar-refractivity contribution in [2.45, 2.75) is 26.2 Å². The van der Waals surface area contributed by atoms with Crippen LogP contribution in [0.15, 0.2) is 42.6 Å². The number of pyridine rings is 1. The molecule has 1 N–H and O–H groups in total. The molecule has 1 amide bonds. The van der Waals surface area contributed by atoms with Gasteiger partial charge in [-0.15, -0.1) is 0 Å². The van der Waals surface area contributed by atoms with Crippen LogP contribution in [0.1, 0.15) is 35.3 Å². The van der Waals surface area contributed by atoms with Crippen molar-refractivity contribution < 1.29 is 4.79 Å². The Labute approximate surface area is 131 Å². The second-order valence-electron chi connectivity index (χ2n) is 5.78. The summed E-state index contributed by atoms with van der Waals surface area (Å²) < 4.78 is 0. The number of aromatic nitrogens is 1. The number of hydrogen-bond acceptors (Lipinski definition) is 3. The van der Waals surface area contributed by atoms with Crippen LogP contribution >= 0.6 is 0 Å². The van der Waals surface area contributed by atoms with E-state index in [4.69, 9.17) is 0 Å². The van der Waals surface area contributed by atoms with E-state index in [0.29, 0.717) is 5.69 Å². The van der Waals surface area contributed by atoms with Gasteiger partial charge in [0, 0.05) is 18.8 Å². The molecule has 4 nitrogen and oxygen atoms in total. The molecule has 0 atom stereocenters. The maximum absolute atomic E-state index is 12.3. The Morgan fingerprint density at radius 2 is 1.68 bits per heavy atom. The lowest BCUT2D eigenvalue weighted by atomic mass is 10.1. The van der Waals surface area contributed by atoms with Crippen molar-refractivity contribution >= 4 is 17.3 Å². The van der Waals surface area contributed by atoms with E-state index < -0.39 is 0 Å². The molecule has 1 saturated heterocycles. The van der Waals surface area contributed by atoms with Gasteiger partial charge in [-0.1, -0.05) is 17.7 Å². The summed E-state index contributed by atoms with van der Waals surface area (Å²) in [6.45, 7) is 3.76. The molecule has 3 rings (SSSR count). The van der Waals surface area contributed by atoms with Gasteiger partial charge in [0.05, 0.1) is 11.9 Å². The number of aryl methyl sites for hydroxylation is 1. The van der Waals surface area contributed by atoms with Crippen LogP contribution in [0.4, 0.5) is 11.4 Å². The molecule has 114 valence electrons. The van der Waals surface area contributed by atoms with Crippen molar-refractivity contribution in [1.29, 1.82) is 0 Å². The van der Waals surface area contributed by atoms with Gasteiger partial charge < -0.3 is 10.2 Å². The van der Waals surface area contributed by atoms with E-state index in [2.05, 4.69) is 29.4 Å². The molecule has 1 aliphatic heterocycles. The molecule has 1 aromatic heterocycles. The molecule has 0 saturated carbocycles. The molecular formula is C18H21N3O. The van der Waals surface area contributed by atoms with Gasteiger partial charge in [-0.3, -0.25) is 4.79 Å². The van der Waals surface area contributed by atoms with Crippen molar-refractivity contribution in [2.75, 3.05) is 18.4 Å². The highest BCUT2D eigenvalue weighted by Gasteiger charge is 2.18. The van der Waals surface area contributed by atoms with Crippen molar-refractivity contribution in [1.82, 2.24) is 9.88 Å². The van der Waals surface area contributed by atoms with Crippen LogP contribution in [0, 0.1) is 6.92 Å². The first-order valence-corrected chi connectivity index (χ1v) is 7.81.